The first-order valence-corrected chi connectivity index (χ1v) is 5.88. The van der Waals surface area contributed by atoms with Crippen molar-refractivity contribution in [2.75, 3.05) is 37.0 Å². The van der Waals surface area contributed by atoms with Crippen molar-refractivity contribution in [3.63, 3.8) is 0 Å². The zero-order valence-electron chi connectivity index (χ0n) is 10.3. The summed E-state index contributed by atoms with van der Waals surface area (Å²) in [5.74, 6) is -1.27. The van der Waals surface area contributed by atoms with Crippen molar-refractivity contribution < 1.29 is 19.0 Å². The molecule has 0 spiro atoms. The van der Waals surface area contributed by atoms with E-state index in [2.05, 4.69) is 0 Å². The number of primary amides is 1. The van der Waals surface area contributed by atoms with Crippen LogP contribution in [0.4, 0.5) is 15.8 Å². The Kier molecular flexibility index (Phi) is 3.87. The van der Waals surface area contributed by atoms with Crippen LogP contribution in [0, 0.1) is 5.82 Å². The number of nitrogens with two attached hydrogens (primary N) is 2. The quantitative estimate of drug-likeness (QED) is 0.654. The maximum atomic E-state index is 14.0. The van der Waals surface area contributed by atoms with Gasteiger partial charge in [-0.15, -0.1) is 0 Å². The fraction of sp³-hybridized carbons (Fsp3) is 0.417. The van der Waals surface area contributed by atoms with Crippen molar-refractivity contribution in [2.24, 2.45) is 5.73 Å². The predicted octanol–water partition coefficient (Wildman–Crippen LogP) is -0.296. The van der Waals surface area contributed by atoms with Gasteiger partial charge in [0.05, 0.1) is 37.1 Å². The first kappa shape index (κ1) is 13.6. The van der Waals surface area contributed by atoms with E-state index in [9.17, 15) is 14.3 Å². The average Bonchev–Trinajstić information content (AvgIpc) is 2.38. The van der Waals surface area contributed by atoms with Crippen molar-refractivity contribution in [3.8, 4) is 0 Å². The molecule has 1 atom stereocenters. The van der Waals surface area contributed by atoms with Crippen LogP contribution in [-0.2, 0) is 4.74 Å². The number of rotatable bonds is 3. The first-order valence-electron chi connectivity index (χ1n) is 5.88. The summed E-state index contributed by atoms with van der Waals surface area (Å²) >= 11 is 0. The molecule has 0 aliphatic carbocycles. The van der Waals surface area contributed by atoms with Crippen LogP contribution >= 0.6 is 0 Å². The van der Waals surface area contributed by atoms with E-state index in [0.29, 0.717) is 19.8 Å². The molecule has 0 bridgehead atoms. The minimum atomic E-state index is -0.715. The molecule has 0 saturated carbocycles. The number of carbonyl (C=O) groups is 1. The molecule has 1 unspecified atom stereocenters. The van der Waals surface area contributed by atoms with Gasteiger partial charge in [-0.25, -0.2) is 4.39 Å². The lowest BCUT2D eigenvalue weighted by molar-refractivity contribution is 0.0723. The molecule has 1 heterocycles. The number of hydrogen-bond acceptors (Lipinski definition) is 5. The van der Waals surface area contributed by atoms with Crippen LogP contribution in [0.25, 0.3) is 0 Å². The molecular formula is C12H16FN3O3. The first-order chi connectivity index (χ1) is 9.04. The number of benzene rings is 1. The molecule has 1 aliphatic rings. The van der Waals surface area contributed by atoms with Crippen LogP contribution in [0.2, 0.25) is 0 Å². The number of nitrogen functional groups attached to an aromatic ring is 1. The average molecular weight is 269 g/mol. The standard InChI is InChI=1S/C12H16FN3O3/c13-9-4-10(14)8(12(15)18)3-11(9)16-1-2-19-6-7(16)5-17/h3-4,7,17H,1-2,5-6,14H2,(H2,15,18). The van der Waals surface area contributed by atoms with Crippen LogP contribution in [0.3, 0.4) is 0 Å². The Morgan fingerprint density at radius 3 is 2.95 bits per heavy atom. The Hall–Kier alpha value is -1.86. The van der Waals surface area contributed by atoms with Crippen LogP contribution in [0.15, 0.2) is 12.1 Å². The van der Waals surface area contributed by atoms with Crippen LogP contribution < -0.4 is 16.4 Å². The van der Waals surface area contributed by atoms with Gasteiger partial charge >= 0.3 is 0 Å². The molecule has 0 aromatic heterocycles. The summed E-state index contributed by atoms with van der Waals surface area (Å²) in [6, 6.07) is 2.04. The van der Waals surface area contributed by atoms with Crippen molar-refractivity contribution in [2.45, 2.75) is 6.04 Å². The molecular weight excluding hydrogens is 253 g/mol. The second-order valence-electron chi connectivity index (χ2n) is 4.36. The molecule has 5 N–H and O–H groups in total. The number of ether oxygens (including phenoxy) is 1. The summed E-state index contributed by atoms with van der Waals surface area (Å²) < 4.78 is 19.2. The van der Waals surface area contributed by atoms with Gasteiger partial charge in [-0.2, -0.15) is 0 Å². The molecule has 0 radical (unpaired) electrons. The van der Waals surface area contributed by atoms with Gasteiger partial charge in [-0.1, -0.05) is 0 Å². The lowest BCUT2D eigenvalue weighted by Gasteiger charge is -2.36. The molecule has 1 saturated heterocycles. The molecule has 7 heteroatoms. The van der Waals surface area contributed by atoms with Gasteiger partial charge in [0, 0.05) is 12.2 Å². The third-order valence-corrected chi connectivity index (χ3v) is 3.13. The molecule has 2 rings (SSSR count). The number of anilines is 2. The summed E-state index contributed by atoms with van der Waals surface area (Å²) in [6.45, 7) is 0.971. The molecule has 1 fully saturated rings. The summed E-state index contributed by atoms with van der Waals surface area (Å²) in [6.07, 6.45) is 0. The number of morpholine rings is 1. The van der Waals surface area contributed by atoms with Gasteiger partial charge in [0.15, 0.2) is 0 Å². The number of aliphatic hydroxyl groups is 1. The third-order valence-electron chi connectivity index (χ3n) is 3.13. The third kappa shape index (κ3) is 2.61. The Morgan fingerprint density at radius 2 is 2.32 bits per heavy atom. The molecule has 6 nitrogen and oxygen atoms in total. The SMILES string of the molecule is NC(=O)c1cc(N2CCOCC2CO)c(F)cc1N. The fourth-order valence-electron chi connectivity index (χ4n) is 2.13. The van der Waals surface area contributed by atoms with Crippen LogP contribution in [-0.4, -0.2) is 43.4 Å². The zero-order chi connectivity index (χ0) is 14.0. The minimum absolute atomic E-state index is 0.00237. The smallest absolute Gasteiger partial charge is 0.250 e. The summed E-state index contributed by atoms with van der Waals surface area (Å²) in [7, 11) is 0. The van der Waals surface area contributed by atoms with Crippen LogP contribution in [0.1, 0.15) is 10.4 Å². The molecule has 1 aromatic carbocycles. The number of aliphatic hydroxyl groups excluding tert-OH is 1. The number of nitrogens with zero attached hydrogens (tertiary/aromatic N) is 1. The summed E-state index contributed by atoms with van der Waals surface area (Å²) in [4.78, 5) is 12.9. The normalized spacial score (nSPS) is 19.5. The maximum Gasteiger partial charge on any atom is 0.250 e. The van der Waals surface area contributed by atoms with Gasteiger partial charge in [0.2, 0.25) is 0 Å². The molecule has 1 amide bonds. The number of halogens is 1. The van der Waals surface area contributed by atoms with E-state index >= 15 is 0 Å². The van der Waals surface area contributed by atoms with Crippen molar-refractivity contribution in [3.05, 3.63) is 23.5 Å². The van der Waals surface area contributed by atoms with E-state index in [0.717, 1.165) is 6.07 Å². The highest BCUT2D eigenvalue weighted by atomic mass is 19.1. The van der Waals surface area contributed by atoms with E-state index in [-0.39, 0.29) is 29.6 Å². The zero-order valence-corrected chi connectivity index (χ0v) is 10.3. The summed E-state index contributed by atoms with van der Waals surface area (Å²) in [5.41, 5.74) is 11.0. The van der Waals surface area contributed by atoms with Gasteiger partial charge in [-0.05, 0) is 12.1 Å². The van der Waals surface area contributed by atoms with E-state index in [4.69, 9.17) is 16.2 Å². The summed E-state index contributed by atoms with van der Waals surface area (Å²) in [5, 5.41) is 9.29. The second-order valence-corrected chi connectivity index (χ2v) is 4.36. The molecule has 19 heavy (non-hydrogen) atoms. The van der Waals surface area contributed by atoms with E-state index in [1.807, 2.05) is 0 Å². The maximum absolute atomic E-state index is 14.0. The predicted molar refractivity (Wildman–Crippen MR) is 68.4 cm³/mol. The second kappa shape index (κ2) is 5.41. The van der Waals surface area contributed by atoms with Gasteiger partial charge in [-0.3, -0.25) is 4.79 Å². The van der Waals surface area contributed by atoms with E-state index in [1.54, 1.807) is 4.90 Å². The van der Waals surface area contributed by atoms with Crippen molar-refractivity contribution in [1.29, 1.82) is 0 Å². The fourth-order valence-corrected chi connectivity index (χ4v) is 2.13. The molecule has 104 valence electrons. The highest BCUT2D eigenvalue weighted by molar-refractivity contribution is 5.99. The molecule has 1 aromatic rings. The minimum Gasteiger partial charge on any atom is -0.398 e. The largest absolute Gasteiger partial charge is 0.398 e. The molecule has 1 aliphatic heterocycles. The Morgan fingerprint density at radius 1 is 1.58 bits per heavy atom. The Labute approximate surface area is 109 Å². The highest BCUT2D eigenvalue weighted by Crippen LogP contribution is 2.27. The van der Waals surface area contributed by atoms with Crippen molar-refractivity contribution >= 4 is 17.3 Å². The highest BCUT2D eigenvalue weighted by Gasteiger charge is 2.26. The van der Waals surface area contributed by atoms with Crippen molar-refractivity contribution in [1.82, 2.24) is 0 Å². The van der Waals surface area contributed by atoms with Gasteiger partial charge in [0.25, 0.3) is 5.91 Å². The van der Waals surface area contributed by atoms with E-state index in [1.165, 1.54) is 6.07 Å². The lowest BCUT2D eigenvalue weighted by atomic mass is 10.1. The number of hydrogen-bond donors (Lipinski definition) is 3. The van der Waals surface area contributed by atoms with E-state index < -0.39 is 11.7 Å². The number of carbonyl (C=O) groups excluding carboxylic acids is 1. The monoisotopic (exact) mass is 269 g/mol. The van der Waals surface area contributed by atoms with Crippen LogP contribution in [0.5, 0.6) is 0 Å². The van der Waals surface area contributed by atoms with Gasteiger partial charge < -0.3 is 26.2 Å². The number of amides is 1. The lowest BCUT2D eigenvalue weighted by Crippen LogP contribution is -2.48. The Balaban J connectivity index is 2.42. The topological polar surface area (TPSA) is 102 Å². The Bertz CT molecular complexity index is 495. The van der Waals surface area contributed by atoms with Gasteiger partial charge in [0.1, 0.15) is 5.82 Å².